The first-order chi connectivity index (χ1) is 19.7. The molecule has 5 amide bonds. The molecular formula is C27H30N4O10. The van der Waals surface area contributed by atoms with Gasteiger partial charge in [-0.15, -0.1) is 5.06 Å². The van der Waals surface area contributed by atoms with Crippen LogP contribution in [0.4, 0.5) is 14.4 Å². The van der Waals surface area contributed by atoms with Gasteiger partial charge >= 0.3 is 18.2 Å². The Morgan fingerprint density at radius 3 is 1.59 bits per heavy atom. The van der Waals surface area contributed by atoms with Gasteiger partial charge in [0, 0.05) is 24.2 Å². The Hall–Kier alpha value is -5.01. The van der Waals surface area contributed by atoms with Crippen LogP contribution in [0.1, 0.15) is 20.7 Å². The number of hydroxylamine groups is 2. The number of hydrogen-bond donors (Lipinski definition) is 0. The molecule has 2 aromatic carbocycles. The Bertz CT molecular complexity index is 1360. The molecule has 0 saturated carbocycles. The zero-order chi connectivity index (χ0) is 29.7. The van der Waals surface area contributed by atoms with Crippen LogP contribution in [0.5, 0.6) is 23.0 Å². The maximum absolute atomic E-state index is 12.8. The van der Waals surface area contributed by atoms with Crippen molar-refractivity contribution in [3.05, 3.63) is 47.5 Å². The van der Waals surface area contributed by atoms with Gasteiger partial charge in [0.25, 0.3) is 0 Å². The fourth-order valence-electron chi connectivity index (χ4n) is 4.38. The van der Waals surface area contributed by atoms with Crippen LogP contribution in [0.25, 0.3) is 0 Å². The van der Waals surface area contributed by atoms with E-state index in [0.29, 0.717) is 34.1 Å². The van der Waals surface area contributed by atoms with Crippen molar-refractivity contribution < 1.29 is 47.8 Å². The maximum atomic E-state index is 12.8. The van der Waals surface area contributed by atoms with Crippen molar-refractivity contribution >= 4 is 29.7 Å². The highest BCUT2D eigenvalue weighted by Gasteiger charge is 2.39. The van der Waals surface area contributed by atoms with Gasteiger partial charge in [-0.1, -0.05) is 0 Å². The number of ketones is 2. The smallest absolute Gasteiger partial charge is 0.442 e. The molecule has 4 rings (SSSR count). The van der Waals surface area contributed by atoms with Crippen LogP contribution in [0.15, 0.2) is 36.4 Å². The van der Waals surface area contributed by atoms with E-state index in [1.807, 2.05) is 0 Å². The second kappa shape index (κ2) is 12.4. The number of hydrogen-bond acceptors (Lipinski definition) is 10. The lowest BCUT2D eigenvalue weighted by Gasteiger charge is -2.20. The average molecular weight is 571 g/mol. The van der Waals surface area contributed by atoms with Crippen LogP contribution >= 0.6 is 0 Å². The van der Waals surface area contributed by atoms with E-state index in [4.69, 9.17) is 23.8 Å². The van der Waals surface area contributed by atoms with Crippen molar-refractivity contribution in [1.82, 2.24) is 19.8 Å². The highest BCUT2D eigenvalue weighted by molar-refractivity contribution is 6.02. The van der Waals surface area contributed by atoms with E-state index in [2.05, 4.69) is 0 Å². The van der Waals surface area contributed by atoms with E-state index < -0.39 is 18.2 Å². The van der Waals surface area contributed by atoms with E-state index in [9.17, 15) is 24.0 Å². The molecular weight excluding hydrogens is 540 g/mol. The third-order valence-corrected chi connectivity index (χ3v) is 6.64. The number of urea groups is 2. The predicted molar refractivity (Wildman–Crippen MR) is 142 cm³/mol. The van der Waals surface area contributed by atoms with E-state index >= 15 is 0 Å². The minimum absolute atomic E-state index is 0.00726. The number of methoxy groups -OCH3 is 4. The number of ether oxygens (including phenoxy) is 4. The Balaban J connectivity index is 1.31. The van der Waals surface area contributed by atoms with Gasteiger partial charge in [-0.25, -0.2) is 19.3 Å². The first-order valence-electron chi connectivity index (χ1n) is 12.6. The number of carbonyl (C=O) groups is 5. The normalized spacial score (nSPS) is 14.8. The van der Waals surface area contributed by atoms with Crippen molar-refractivity contribution in [2.45, 2.75) is 0 Å². The summed E-state index contributed by atoms with van der Waals surface area (Å²) in [6.07, 6.45) is -1.06. The zero-order valence-corrected chi connectivity index (χ0v) is 23.1. The molecule has 2 aromatic rings. The van der Waals surface area contributed by atoms with Crippen LogP contribution in [0.2, 0.25) is 0 Å². The number of nitrogens with zero attached hydrogens (tertiary/aromatic N) is 4. The molecule has 0 spiro atoms. The number of rotatable bonds is 11. The van der Waals surface area contributed by atoms with Crippen molar-refractivity contribution in [2.24, 2.45) is 0 Å². The third kappa shape index (κ3) is 6.10. The Kier molecular flexibility index (Phi) is 8.80. The number of benzene rings is 2. The fraction of sp³-hybridized carbons (Fsp3) is 0.370. The summed E-state index contributed by atoms with van der Waals surface area (Å²) in [6, 6.07) is 7.88. The number of amides is 5. The van der Waals surface area contributed by atoms with Crippen LogP contribution in [0.3, 0.4) is 0 Å². The summed E-state index contributed by atoms with van der Waals surface area (Å²) in [7, 11) is 5.84. The van der Waals surface area contributed by atoms with Gasteiger partial charge in [0.15, 0.2) is 34.6 Å². The number of carbonyl (C=O) groups excluding carboxylic acids is 5. The molecule has 0 unspecified atom stereocenters. The monoisotopic (exact) mass is 570 g/mol. The van der Waals surface area contributed by atoms with Gasteiger partial charge in [0.1, 0.15) is 0 Å². The van der Waals surface area contributed by atoms with Crippen molar-refractivity contribution in [3.8, 4) is 23.0 Å². The molecule has 14 nitrogen and oxygen atoms in total. The molecule has 2 heterocycles. The lowest BCUT2D eigenvalue weighted by molar-refractivity contribution is -0.0551. The van der Waals surface area contributed by atoms with Gasteiger partial charge in [-0.2, -0.15) is 0 Å². The average Bonchev–Trinajstić information content (AvgIpc) is 3.52. The van der Waals surface area contributed by atoms with Gasteiger partial charge in [0.05, 0.1) is 54.6 Å². The first-order valence-corrected chi connectivity index (χ1v) is 12.6. The molecule has 2 fully saturated rings. The van der Waals surface area contributed by atoms with Gasteiger partial charge in [0.2, 0.25) is 0 Å². The largest absolute Gasteiger partial charge is 0.493 e. The van der Waals surface area contributed by atoms with Gasteiger partial charge in [-0.05, 0) is 36.4 Å². The summed E-state index contributed by atoms with van der Waals surface area (Å²) < 4.78 is 20.8. The molecule has 14 heteroatoms. The molecule has 2 aliphatic heterocycles. The molecule has 41 heavy (non-hydrogen) atoms. The quantitative estimate of drug-likeness (QED) is 0.369. The van der Waals surface area contributed by atoms with E-state index in [1.54, 1.807) is 24.3 Å². The third-order valence-electron chi connectivity index (χ3n) is 6.64. The Morgan fingerprint density at radius 2 is 1.10 bits per heavy atom. The molecule has 218 valence electrons. The maximum Gasteiger partial charge on any atom is 0.442 e. The second-order valence-corrected chi connectivity index (χ2v) is 9.01. The first kappa shape index (κ1) is 29.0. The van der Waals surface area contributed by atoms with Crippen molar-refractivity contribution in [1.29, 1.82) is 0 Å². The second-order valence-electron chi connectivity index (χ2n) is 9.01. The summed E-state index contributed by atoms with van der Waals surface area (Å²) in [6.45, 7) is -0.310. The number of Topliss-reactive ketones (excluding diaryl/α,β-unsaturated/α-hetero) is 2. The molecule has 0 N–H and O–H groups in total. The standard InChI is InChI=1S/C27H30N4O10/c1-37-21-7-5-17(13-23(21)39-3)19(32)15-28-9-11-30(25(28)34)27(36)41-31-12-10-29(26(31)35)16-20(33)18-6-8-22(38-2)24(14-18)40-4/h5-8,13-14H,9-12,15-16H2,1-4H3. The highest BCUT2D eigenvalue weighted by Crippen LogP contribution is 2.29. The summed E-state index contributed by atoms with van der Waals surface area (Å²) in [5, 5.41) is 0.801. The lowest BCUT2D eigenvalue weighted by atomic mass is 10.1. The minimum Gasteiger partial charge on any atom is -0.493 e. The van der Waals surface area contributed by atoms with Gasteiger partial charge in [-0.3, -0.25) is 9.59 Å². The van der Waals surface area contributed by atoms with E-state index in [0.717, 1.165) is 9.96 Å². The van der Waals surface area contributed by atoms with Crippen LogP contribution < -0.4 is 18.9 Å². The zero-order valence-electron chi connectivity index (χ0n) is 23.1. The van der Waals surface area contributed by atoms with Crippen molar-refractivity contribution in [2.75, 3.05) is 67.7 Å². The molecule has 2 aliphatic rings. The summed E-state index contributed by atoms with van der Waals surface area (Å²) in [5.74, 6) is 0.939. The van der Waals surface area contributed by atoms with Crippen LogP contribution in [-0.2, 0) is 4.84 Å². The molecule has 0 bridgehead atoms. The van der Waals surface area contributed by atoms with E-state index in [1.165, 1.54) is 50.4 Å². The summed E-state index contributed by atoms with van der Waals surface area (Å²) >= 11 is 0. The topological polar surface area (TPSA) is 144 Å². The summed E-state index contributed by atoms with van der Waals surface area (Å²) in [5.41, 5.74) is 0.623. The molecule has 0 atom stereocenters. The molecule has 0 aliphatic carbocycles. The summed E-state index contributed by atoms with van der Waals surface area (Å²) in [4.78, 5) is 72.3. The Labute approximate surface area is 235 Å². The fourth-order valence-corrected chi connectivity index (χ4v) is 4.38. The van der Waals surface area contributed by atoms with Crippen LogP contribution in [0, 0.1) is 0 Å². The molecule has 0 radical (unpaired) electrons. The Morgan fingerprint density at radius 1 is 0.634 bits per heavy atom. The highest BCUT2D eigenvalue weighted by atomic mass is 16.7. The SMILES string of the molecule is COc1ccc(C(=O)CN2CCN(OC(=O)N3CCN(CC(=O)c4ccc(OC)c(OC)c4)C3=O)C2=O)cc1OC. The van der Waals surface area contributed by atoms with Crippen molar-refractivity contribution in [3.63, 3.8) is 0 Å². The van der Waals surface area contributed by atoms with Gasteiger partial charge < -0.3 is 33.6 Å². The molecule has 2 saturated heterocycles. The number of imide groups is 1. The molecule has 0 aromatic heterocycles. The lowest BCUT2D eigenvalue weighted by Crippen LogP contribution is -2.42. The predicted octanol–water partition coefficient (Wildman–Crippen LogP) is 2.31. The minimum atomic E-state index is -1.06. The van der Waals surface area contributed by atoms with Crippen LogP contribution in [-0.4, -0.2) is 117 Å². The van der Waals surface area contributed by atoms with E-state index in [-0.39, 0.29) is 50.8 Å².